The van der Waals surface area contributed by atoms with E-state index in [0.29, 0.717) is 11.3 Å². The van der Waals surface area contributed by atoms with E-state index >= 15 is 0 Å². The van der Waals surface area contributed by atoms with Crippen LogP contribution in [0.25, 0.3) is 0 Å². The molecule has 1 aliphatic heterocycles. The molecule has 2 N–H and O–H groups in total. The first-order chi connectivity index (χ1) is 7.58. The minimum absolute atomic E-state index is 0.0709. The van der Waals surface area contributed by atoms with Crippen LogP contribution < -0.4 is 5.32 Å². The van der Waals surface area contributed by atoms with Crippen molar-refractivity contribution >= 4 is 29.3 Å². The van der Waals surface area contributed by atoms with Crippen molar-refractivity contribution in [3.05, 3.63) is 34.6 Å². The number of hydrogen-bond donors (Lipinski definition) is 2. The van der Waals surface area contributed by atoms with Gasteiger partial charge in [-0.25, -0.2) is 4.39 Å². The van der Waals surface area contributed by atoms with E-state index in [4.69, 9.17) is 16.7 Å². The molecule has 0 aliphatic carbocycles. The minimum atomic E-state index is -0.885. The normalized spacial score (nSPS) is 24.6. The Morgan fingerprint density at radius 2 is 2.38 bits per heavy atom. The first kappa shape index (κ1) is 11.7. The van der Waals surface area contributed by atoms with E-state index in [2.05, 4.69) is 5.32 Å². The van der Waals surface area contributed by atoms with Gasteiger partial charge in [-0.15, -0.1) is 11.8 Å². The molecule has 1 saturated heterocycles. The van der Waals surface area contributed by atoms with Gasteiger partial charge in [-0.3, -0.25) is 10.1 Å². The zero-order valence-electron chi connectivity index (χ0n) is 8.11. The van der Waals surface area contributed by atoms with Crippen molar-refractivity contribution in [3.8, 4) is 0 Å². The molecule has 6 heteroatoms. The zero-order chi connectivity index (χ0) is 11.7. The van der Waals surface area contributed by atoms with E-state index < -0.39 is 17.8 Å². The first-order valence-corrected chi connectivity index (χ1v) is 6.06. The van der Waals surface area contributed by atoms with Gasteiger partial charge in [-0.1, -0.05) is 17.7 Å². The molecule has 0 spiro atoms. The van der Waals surface area contributed by atoms with Crippen LogP contribution in [0, 0.1) is 5.82 Å². The number of carboxylic acid groups (broad SMARTS) is 1. The number of rotatable bonds is 2. The van der Waals surface area contributed by atoms with E-state index in [-0.39, 0.29) is 10.4 Å². The number of aliphatic carboxylic acids is 1. The number of thioether (sulfide) groups is 1. The van der Waals surface area contributed by atoms with E-state index in [0.717, 1.165) is 0 Å². The number of carbonyl (C=O) groups is 1. The fourth-order valence-electron chi connectivity index (χ4n) is 1.48. The molecule has 86 valence electrons. The van der Waals surface area contributed by atoms with Crippen molar-refractivity contribution in [2.75, 3.05) is 5.75 Å². The molecule has 1 aromatic rings. The highest BCUT2D eigenvalue weighted by molar-refractivity contribution is 7.99. The average molecular weight is 262 g/mol. The van der Waals surface area contributed by atoms with Crippen molar-refractivity contribution in [1.82, 2.24) is 5.32 Å². The van der Waals surface area contributed by atoms with Crippen LogP contribution in [0.1, 0.15) is 10.9 Å². The Morgan fingerprint density at radius 1 is 1.62 bits per heavy atom. The Kier molecular flexibility index (Phi) is 3.37. The predicted molar refractivity (Wildman–Crippen MR) is 61.2 cm³/mol. The maximum absolute atomic E-state index is 13.2. The Hall–Kier alpha value is -0.780. The summed E-state index contributed by atoms with van der Waals surface area (Å²) >= 11 is 7.01. The molecule has 0 radical (unpaired) electrons. The summed E-state index contributed by atoms with van der Waals surface area (Å²) in [5.74, 6) is -0.894. The summed E-state index contributed by atoms with van der Waals surface area (Å²) in [6.07, 6.45) is 0. The van der Waals surface area contributed by atoms with Crippen molar-refractivity contribution < 1.29 is 14.3 Å². The van der Waals surface area contributed by atoms with Gasteiger partial charge in [0, 0.05) is 5.75 Å². The van der Waals surface area contributed by atoms with Crippen LogP contribution in [0.15, 0.2) is 18.2 Å². The van der Waals surface area contributed by atoms with Gasteiger partial charge >= 0.3 is 5.97 Å². The molecule has 0 aromatic heterocycles. The molecule has 3 nitrogen and oxygen atoms in total. The zero-order valence-corrected chi connectivity index (χ0v) is 9.69. The first-order valence-electron chi connectivity index (χ1n) is 4.63. The molecule has 16 heavy (non-hydrogen) atoms. The summed E-state index contributed by atoms with van der Waals surface area (Å²) in [6, 6.07) is 3.92. The highest BCUT2D eigenvalue weighted by Crippen LogP contribution is 2.33. The van der Waals surface area contributed by atoms with Crippen molar-refractivity contribution in [1.29, 1.82) is 0 Å². The van der Waals surface area contributed by atoms with Crippen LogP contribution in [0.5, 0.6) is 0 Å². The maximum Gasteiger partial charge on any atom is 0.321 e. The number of benzene rings is 1. The van der Waals surface area contributed by atoms with E-state index in [9.17, 15) is 9.18 Å². The van der Waals surface area contributed by atoms with E-state index in [1.807, 2.05) is 0 Å². The molecule has 2 unspecified atom stereocenters. The Bertz CT molecular complexity index is 429. The standard InChI is InChI=1S/C10H9ClFNO2S/c11-6-2-1-5(3-7(6)12)9-13-8(4-16-9)10(14)15/h1-3,8-9,13H,4H2,(H,14,15). The summed E-state index contributed by atoms with van der Waals surface area (Å²) < 4.78 is 13.2. The summed E-state index contributed by atoms with van der Waals surface area (Å²) in [5, 5.41) is 11.6. The second-order valence-corrected chi connectivity index (χ2v) is 4.99. The minimum Gasteiger partial charge on any atom is -0.480 e. The SMILES string of the molecule is O=C(O)C1CSC(c2ccc(Cl)c(F)c2)N1. The average Bonchev–Trinajstić information content (AvgIpc) is 2.71. The van der Waals surface area contributed by atoms with Gasteiger partial charge in [0.25, 0.3) is 0 Å². The van der Waals surface area contributed by atoms with Crippen LogP contribution >= 0.6 is 23.4 Å². The largest absolute Gasteiger partial charge is 0.480 e. The molecular formula is C10H9ClFNO2S. The Balaban J connectivity index is 2.14. The fraction of sp³-hybridized carbons (Fsp3) is 0.300. The Morgan fingerprint density at radius 3 is 2.94 bits per heavy atom. The third-order valence-electron chi connectivity index (χ3n) is 2.33. The lowest BCUT2D eigenvalue weighted by atomic mass is 10.2. The molecule has 1 aliphatic rings. The van der Waals surface area contributed by atoms with Crippen molar-refractivity contribution in [2.45, 2.75) is 11.4 Å². The molecule has 0 saturated carbocycles. The molecule has 1 fully saturated rings. The third kappa shape index (κ3) is 2.31. The smallest absolute Gasteiger partial charge is 0.321 e. The summed E-state index contributed by atoms with van der Waals surface area (Å²) in [6.45, 7) is 0. The molecule has 1 aromatic carbocycles. The second kappa shape index (κ2) is 4.61. The molecule has 2 rings (SSSR count). The van der Waals surface area contributed by atoms with Gasteiger partial charge in [0.2, 0.25) is 0 Å². The molecule has 0 amide bonds. The van der Waals surface area contributed by atoms with Gasteiger partial charge in [0.1, 0.15) is 11.9 Å². The monoisotopic (exact) mass is 261 g/mol. The number of halogens is 2. The Labute approximate surface area is 101 Å². The molecular weight excluding hydrogens is 253 g/mol. The van der Waals surface area contributed by atoms with Crippen molar-refractivity contribution in [3.63, 3.8) is 0 Å². The predicted octanol–water partition coefficient (Wildman–Crippen LogP) is 2.27. The van der Waals surface area contributed by atoms with Gasteiger partial charge < -0.3 is 5.11 Å². The molecule has 0 bridgehead atoms. The number of carboxylic acids is 1. The quantitative estimate of drug-likeness (QED) is 0.858. The van der Waals surface area contributed by atoms with E-state index in [1.165, 1.54) is 23.9 Å². The van der Waals surface area contributed by atoms with Gasteiger partial charge in [0.05, 0.1) is 10.4 Å². The van der Waals surface area contributed by atoms with Gasteiger partial charge in [-0.2, -0.15) is 0 Å². The van der Waals surface area contributed by atoms with Gasteiger partial charge in [0.15, 0.2) is 0 Å². The van der Waals surface area contributed by atoms with Crippen LogP contribution in [-0.4, -0.2) is 22.9 Å². The van der Waals surface area contributed by atoms with Crippen LogP contribution in [0.3, 0.4) is 0 Å². The molecule has 2 atom stereocenters. The van der Waals surface area contributed by atoms with Crippen molar-refractivity contribution in [2.24, 2.45) is 0 Å². The van der Waals surface area contributed by atoms with Gasteiger partial charge in [-0.05, 0) is 17.7 Å². The second-order valence-electron chi connectivity index (χ2n) is 3.44. The summed E-state index contributed by atoms with van der Waals surface area (Å²) in [4.78, 5) is 10.7. The lowest BCUT2D eigenvalue weighted by Crippen LogP contribution is -2.33. The topological polar surface area (TPSA) is 49.3 Å². The van der Waals surface area contributed by atoms with E-state index in [1.54, 1.807) is 6.07 Å². The maximum atomic E-state index is 13.2. The lowest BCUT2D eigenvalue weighted by Gasteiger charge is -2.11. The number of nitrogens with one attached hydrogen (secondary N) is 1. The summed E-state index contributed by atoms with van der Waals surface area (Å²) in [7, 11) is 0. The highest BCUT2D eigenvalue weighted by Gasteiger charge is 2.30. The summed E-state index contributed by atoms with van der Waals surface area (Å²) in [5.41, 5.74) is 0.704. The van der Waals surface area contributed by atoms with Crippen LogP contribution in [0.4, 0.5) is 4.39 Å². The highest BCUT2D eigenvalue weighted by atomic mass is 35.5. The number of hydrogen-bond acceptors (Lipinski definition) is 3. The van der Waals surface area contributed by atoms with Crippen LogP contribution in [0.2, 0.25) is 5.02 Å². The molecule has 1 heterocycles. The van der Waals surface area contributed by atoms with Crippen LogP contribution in [-0.2, 0) is 4.79 Å². The lowest BCUT2D eigenvalue weighted by molar-refractivity contribution is -0.138. The third-order valence-corrected chi connectivity index (χ3v) is 3.90. The fourth-order valence-corrected chi connectivity index (χ4v) is 2.82.